The lowest BCUT2D eigenvalue weighted by Gasteiger charge is -2.53. The van der Waals surface area contributed by atoms with E-state index < -0.39 is 6.04 Å². The lowest BCUT2D eigenvalue weighted by Crippen LogP contribution is -2.70. The number of halogens is 1. The van der Waals surface area contributed by atoms with E-state index in [4.69, 9.17) is 17.3 Å². The summed E-state index contributed by atoms with van der Waals surface area (Å²) in [5, 5.41) is 0.541. The molecule has 2 N–H and O–H groups in total. The molecule has 33 heavy (non-hydrogen) atoms. The van der Waals surface area contributed by atoms with Crippen LogP contribution in [0.1, 0.15) is 34.8 Å². The molecule has 2 aromatic heterocycles. The Labute approximate surface area is 196 Å². The van der Waals surface area contributed by atoms with Gasteiger partial charge in [0, 0.05) is 43.2 Å². The monoisotopic (exact) mass is 462 g/mol. The van der Waals surface area contributed by atoms with Crippen molar-refractivity contribution in [1.82, 2.24) is 24.8 Å². The fraction of sp³-hybridized carbons (Fsp3) is 0.292. The molecule has 8 nitrogen and oxygen atoms in total. The fourth-order valence-corrected chi connectivity index (χ4v) is 4.86. The standard InChI is InChI=1S/C24H23ClN6O2/c25-18-6-3-5-16(11-18)20(26)23(33)30-14-24(15-30)8-4-10-31(24)22(32)17-12-28-21(29-13-17)19-7-1-2-9-27-19/h1-3,5-7,9,11-13,20H,4,8,10,14-15,26H2. The second-order valence-corrected chi connectivity index (χ2v) is 8.96. The Morgan fingerprint density at radius 1 is 1.06 bits per heavy atom. The van der Waals surface area contributed by atoms with Crippen LogP contribution in [0, 0.1) is 0 Å². The molecule has 2 saturated heterocycles. The first kappa shape index (κ1) is 21.5. The summed E-state index contributed by atoms with van der Waals surface area (Å²) in [5.41, 5.74) is 7.60. The lowest BCUT2D eigenvalue weighted by molar-refractivity contribution is -0.144. The van der Waals surface area contributed by atoms with Gasteiger partial charge in [0.05, 0.1) is 11.1 Å². The van der Waals surface area contributed by atoms with E-state index in [0.29, 0.717) is 47.3 Å². The third-order valence-corrected chi connectivity index (χ3v) is 6.63. The van der Waals surface area contributed by atoms with Gasteiger partial charge in [-0.05, 0) is 42.7 Å². The van der Waals surface area contributed by atoms with Crippen LogP contribution >= 0.6 is 11.6 Å². The minimum atomic E-state index is -0.779. The number of aromatic nitrogens is 3. The highest BCUT2D eigenvalue weighted by molar-refractivity contribution is 6.30. The molecule has 0 aliphatic carbocycles. The number of hydrogen-bond donors (Lipinski definition) is 1. The Bertz CT molecular complexity index is 1180. The van der Waals surface area contributed by atoms with E-state index in [2.05, 4.69) is 15.0 Å². The number of carbonyl (C=O) groups is 2. The Hall–Kier alpha value is -3.36. The van der Waals surface area contributed by atoms with E-state index in [0.717, 1.165) is 12.8 Å². The molecule has 2 fully saturated rings. The minimum Gasteiger partial charge on any atom is -0.336 e. The molecular formula is C24H23ClN6O2. The van der Waals surface area contributed by atoms with E-state index in [1.54, 1.807) is 47.8 Å². The van der Waals surface area contributed by atoms with Crippen molar-refractivity contribution in [2.45, 2.75) is 24.4 Å². The van der Waals surface area contributed by atoms with E-state index in [1.807, 2.05) is 23.1 Å². The first-order valence-corrected chi connectivity index (χ1v) is 11.2. The van der Waals surface area contributed by atoms with Crippen LogP contribution in [-0.2, 0) is 4.79 Å². The van der Waals surface area contributed by atoms with Gasteiger partial charge in [-0.15, -0.1) is 0 Å². The summed E-state index contributed by atoms with van der Waals surface area (Å²) in [6.07, 6.45) is 6.50. The van der Waals surface area contributed by atoms with Crippen LogP contribution in [0.2, 0.25) is 5.02 Å². The predicted molar refractivity (Wildman–Crippen MR) is 123 cm³/mol. The zero-order valence-electron chi connectivity index (χ0n) is 17.9. The smallest absolute Gasteiger partial charge is 0.257 e. The van der Waals surface area contributed by atoms with E-state index in [1.165, 1.54) is 0 Å². The van der Waals surface area contributed by atoms with Gasteiger partial charge in [-0.25, -0.2) is 9.97 Å². The maximum absolute atomic E-state index is 13.3. The number of likely N-dealkylation sites (tertiary alicyclic amines) is 2. The molecule has 3 aromatic rings. The maximum Gasteiger partial charge on any atom is 0.257 e. The number of carbonyl (C=O) groups excluding carboxylic acids is 2. The van der Waals surface area contributed by atoms with Gasteiger partial charge >= 0.3 is 0 Å². The van der Waals surface area contributed by atoms with Crippen molar-refractivity contribution in [3.63, 3.8) is 0 Å². The first-order valence-electron chi connectivity index (χ1n) is 10.8. The van der Waals surface area contributed by atoms with Crippen molar-refractivity contribution in [1.29, 1.82) is 0 Å². The van der Waals surface area contributed by atoms with Crippen LogP contribution in [-0.4, -0.2) is 61.7 Å². The highest BCUT2D eigenvalue weighted by Gasteiger charge is 2.54. The first-order chi connectivity index (χ1) is 16.0. The fourth-order valence-electron chi connectivity index (χ4n) is 4.67. The molecule has 0 radical (unpaired) electrons. The molecule has 1 atom stereocenters. The zero-order chi connectivity index (χ0) is 23.0. The Kier molecular flexibility index (Phi) is 5.55. The summed E-state index contributed by atoms with van der Waals surface area (Å²) >= 11 is 6.04. The largest absolute Gasteiger partial charge is 0.336 e. The van der Waals surface area contributed by atoms with Crippen LogP contribution in [0.3, 0.4) is 0 Å². The molecule has 168 valence electrons. The van der Waals surface area contributed by atoms with Crippen molar-refractivity contribution in [3.05, 3.63) is 77.2 Å². The number of benzene rings is 1. The van der Waals surface area contributed by atoms with Gasteiger partial charge in [0.1, 0.15) is 11.7 Å². The lowest BCUT2D eigenvalue weighted by atomic mass is 9.85. The third-order valence-electron chi connectivity index (χ3n) is 6.39. The number of nitrogens with two attached hydrogens (primary N) is 1. The van der Waals surface area contributed by atoms with Crippen LogP contribution in [0.25, 0.3) is 11.5 Å². The van der Waals surface area contributed by atoms with Gasteiger partial charge in [-0.3, -0.25) is 14.6 Å². The van der Waals surface area contributed by atoms with Crippen LogP contribution in [0.4, 0.5) is 0 Å². The van der Waals surface area contributed by atoms with Gasteiger partial charge in [-0.1, -0.05) is 29.8 Å². The van der Waals surface area contributed by atoms with E-state index in [-0.39, 0.29) is 17.4 Å². The molecular weight excluding hydrogens is 440 g/mol. The zero-order valence-corrected chi connectivity index (χ0v) is 18.7. The predicted octanol–water partition coefficient (Wildman–Crippen LogP) is 2.71. The van der Waals surface area contributed by atoms with Gasteiger partial charge in [0.25, 0.3) is 5.91 Å². The topological polar surface area (TPSA) is 105 Å². The van der Waals surface area contributed by atoms with Crippen molar-refractivity contribution in [2.24, 2.45) is 5.73 Å². The minimum absolute atomic E-state index is 0.119. The Morgan fingerprint density at radius 3 is 2.55 bits per heavy atom. The summed E-state index contributed by atoms with van der Waals surface area (Å²) in [5.74, 6) is 0.190. The van der Waals surface area contributed by atoms with Crippen molar-refractivity contribution in [3.8, 4) is 11.5 Å². The second kappa shape index (κ2) is 8.53. The van der Waals surface area contributed by atoms with Crippen molar-refractivity contribution >= 4 is 23.4 Å². The van der Waals surface area contributed by atoms with Gasteiger partial charge in [0.15, 0.2) is 5.82 Å². The summed E-state index contributed by atoms with van der Waals surface area (Å²) < 4.78 is 0. The Morgan fingerprint density at radius 2 is 1.85 bits per heavy atom. The molecule has 2 amide bonds. The molecule has 0 saturated carbocycles. The van der Waals surface area contributed by atoms with E-state index in [9.17, 15) is 9.59 Å². The normalized spacial score (nSPS) is 17.6. The molecule has 1 spiro atoms. The number of rotatable bonds is 4. The molecule has 9 heteroatoms. The van der Waals surface area contributed by atoms with Crippen molar-refractivity contribution < 1.29 is 9.59 Å². The molecule has 2 aliphatic rings. The second-order valence-electron chi connectivity index (χ2n) is 8.52. The van der Waals surface area contributed by atoms with Crippen LogP contribution < -0.4 is 5.73 Å². The molecule has 5 rings (SSSR count). The van der Waals surface area contributed by atoms with Gasteiger partial charge in [0.2, 0.25) is 5.91 Å². The molecule has 1 aromatic carbocycles. The third kappa shape index (κ3) is 3.96. The maximum atomic E-state index is 13.3. The SMILES string of the molecule is NC(C(=O)N1CC2(CCCN2C(=O)c2cnc(-c3ccccn3)nc2)C1)c1cccc(Cl)c1. The van der Waals surface area contributed by atoms with Crippen molar-refractivity contribution in [2.75, 3.05) is 19.6 Å². The van der Waals surface area contributed by atoms with Crippen LogP contribution in [0.15, 0.2) is 61.1 Å². The molecule has 2 aliphatic heterocycles. The number of amides is 2. The van der Waals surface area contributed by atoms with Gasteiger partial charge in [-0.2, -0.15) is 0 Å². The highest BCUT2D eigenvalue weighted by Crippen LogP contribution is 2.39. The summed E-state index contributed by atoms with van der Waals surface area (Å²) in [6.45, 7) is 1.58. The highest BCUT2D eigenvalue weighted by atomic mass is 35.5. The quantitative estimate of drug-likeness (QED) is 0.639. The van der Waals surface area contributed by atoms with E-state index >= 15 is 0 Å². The summed E-state index contributed by atoms with van der Waals surface area (Å²) in [4.78, 5) is 42.7. The van der Waals surface area contributed by atoms with Crippen LogP contribution in [0.5, 0.6) is 0 Å². The summed E-state index contributed by atoms with van der Waals surface area (Å²) in [6, 6.07) is 11.8. The molecule has 0 bridgehead atoms. The Balaban J connectivity index is 1.27. The summed E-state index contributed by atoms with van der Waals surface area (Å²) in [7, 11) is 0. The average Bonchev–Trinajstić information content (AvgIpc) is 3.28. The number of hydrogen-bond acceptors (Lipinski definition) is 6. The molecule has 1 unspecified atom stereocenters. The van der Waals surface area contributed by atoms with Gasteiger partial charge < -0.3 is 15.5 Å². The molecule has 4 heterocycles. The average molecular weight is 463 g/mol. The number of nitrogens with zero attached hydrogens (tertiary/aromatic N) is 5. The number of pyridine rings is 1.